The average Bonchev–Trinajstić information content (AvgIpc) is 2.95. The number of esters is 1. The fourth-order valence-electron chi connectivity index (χ4n) is 1.50. The maximum absolute atomic E-state index is 11.7. The van der Waals surface area contributed by atoms with E-state index >= 15 is 0 Å². The Kier molecular flexibility index (Phi) is 3.19. The maximum Gasteiger partial charge on any atom is 0.345 e. The molecular weight excluding hydrogens is 254 g/mol. The molecule has 2 rings (SSSR count). The monoisotopic (exact) mass is 267 g/mol. The second-order valence-corrected chi connectivity index (χ2v) is 4.57. The summed E-state index contributed by atoms with van der Waals surface area (Å²) in [5, 5.41) is 6.70. The summed E-state index contributed by atoms with van der Waals surface area (Å²) in [4.78, 5) is 17.6. The van der Waals surface area contributed by atoms with Gasteiger partial charge in [0.25, 0.3) is 0 Å². The number of rotatable bonds is 3. The SMILES string of the molecule is COC(=O)c1c(N(C)C)nn(-c2nccs2)c1N. The molecule has 0 saturated heterocycles. The molecule has 0 unspecified atom stereocenters. The Morgan fingerprint density at radius 2 is 2.28 bits per heavy atom. The van der Waals surface area contributed by atoms with Crippen molar-refractivity contribution < 1.29 is 9.53 Å². The second kappa shape index (κ2) is 4.65. The minimum Gasteiger partial charge on any atom is -0.465 e. The van der Waals surface area contributed by atoms with Crippen LogP contribution in [-0.2, 0) is 4.74 Å². The molecule has 2 aromatic heterocycles. The van der Waals surface area contributed by atoms with Gasteiger partial charge in [-0.3, -0.25) is 0 Å². The molecule has 0 spiro atoms. The van der Waals surface area contributed by atoms with Gasteiger partial charge in [-0.15, -0.1) is 16.4 Å². The lowest BCUT2D eigenvalue weighted by Crippen LogP contribution is -2.14. The highest BCUT2D eigenvalue weighted by Gasteiger charge is 2.25. The average molecular weight is 267 g/mol. The Hall–Kier alpha value is -2.09. The molecule has 0 bridgehead atoms. The Labute approximate surface area is 108 Å². The van der Waals surface area contributed by atoms with Crippen LogP contribution in [0, 0.1) is 0 Å². The maximum atomic E-state index is 11.7. The predicted octanol–water partition coefficient (Wildman–Crippen LogP) is 0.764. The summed E-state index contributed by atoms with van der Waals surface area (Å²) >= 11 is 1.38. The molecule has 0 aliphatic heterocycles. The Balaban J connectivity index is 2.61. The summed E-state index contributed by atoms with van der Waals surface area (Å²) in [6.45, 7) is 0. The van der Waals surface area contributed by atoms with Crippen LogP contribution in [-0.4, -0.2) is 41.9 Å². The summed E-state index contributed by atoms with van der Waals surface area (Å²) in [7, 11) is 4.86. The fourth-order valence-corrected chi connectivity index (χ4v) is 2.10. The van der Waals surface area contributed by atoms with E-state index in [4.69, 9.17) is 10.5 Å². The Morgan fingerprint density at radius 1 is 1.56 bits per heavy atom. The van der Waals surface area contributed by atoms with Crippen LogP contribution in [0.15, 0.2) is 11.6 Å². The zero-order chi connectivity index (χ0) is 13.3. The third-order valence-corrected chi connectivity index (χ3v) is 3.06. The molecular formula is C10H13N5O2S. The van der Waals surface area contributed by atoms with E-state index in [9.17, 15) is 4.79 Å². The van der Waals surface area contributed by atoms with E-state index in [1.54, 1.807) is 25.2 Å². The van der Waals surface area contributed by atoms with Crippen LogP contribution in [0.2, 0.25) is 0 Å². The minimum atomic E-state index is -0.515. The van der Waals surface area contributed by atoms with E-state index in [2.05, 4.69) is 10.1 Å². The van der Waals surface area contributed by atoms with Crippen molar-refractivity contribution >= 4 is 28.9 Å². The van der Waals surface area contributed by atoms with Gasteiger partial charge in [0.05, 0.1) is 7.11 Å². The number of aromatic nitrogens is 3. The van der Waals surface area contributed by atoms with Gasteiger partial charge in [-0.25, -0.2) is 9.78 Å². The Bertz CT molecular complexity index is 561. The molecule has 0 atom stereocenters. The van der Waals surface area contributed by atoms with Crippen molar-refractivity contribution in [3.8, 4) is 5.13 Å². The smallest absolute Gasteiger partial charge is 0.345 e. The normalized spacial score (nSPS) is 10.4. The number of nitrogens with two attached hydrogens (primary N) is 1. The van der Waals surface area contributed by atoms with Gasteiger partial charge < -0.3 is 15.4 Å². The van der Waals surface area contributed by atoms with Gasteiger partial charge in [0.2, 0.25) is 5.13 Å². The highest BCUT2D eigenvalue weighted by molar-refractivity contribution is 7.12. The van der Waals surface area contributed by atoms with Gasteiger partial charge in [-0.1, -0.05) is 0 Å². The van der Waals surface area contributed by atoms with Gasteiger partial charge in [0.15, 0.2) is 5.82 Å². The van der Waals surface area contributed by atoms with E-state index in [0.29, 0.717) is 10.9 Å². The number of hydrogen-bond acceptors (Lipinski definition) is 7. The van der Waals surface area contributed by atoms with Crippen LogP contribution in [0.4, 0.5) is 11.6 Å². The molecule has 0 aliphatic carbocycles. The lowest BCUT2D eigenvalue weighted by atomic mass is 10.3. The standard InChI is InChI=1S/C10H13N5O2S/c1-14(2)8-6(9(16)17-3)7(11)15(13-8)10-12-4-5-18-10/h4-5H,11H2,1-3H3. The first kappa shape index (κ1) is 12.4. The second-order valence-electron chi connectivity index (χ2n) is 3.70. The van der Waals surface area contributed by atoms with Crippen molar-refractivity contribution in [3.63, 3.8) is 0 Å². The lowest BCUT2D eigenvalue weighted by molar-refractivity contribution is 0.0602. The molecule has 2 N–H and O–H groups in total. The molecule has 2 aromatic rings. The van der Waals surface area contributed by atoms with E-state index in [1.807, 2.05) is 5.38 Å². The number of carbonyl (C=O) groups is 1. The number of thiazole rings is 1. The molecule has 0 aromatic carbocycles. The van der Waals surface area contributed by atoms with E-state index in [-0.39, 0.29) is 11.4 Å². The molecule has 0 amide bonds. The van der Waals surface area contributed by atoms with E-state index in [0.717, 1.165) is 0 Å². The number of anilines is 2. The van der Waals surface area contributed by atoms with Crippen LogP contribution in [0.25, 0.3) is 5.13 Å². The van der Waals surface area contributed by atoms with Crippen LogP contribution in [0.3, 0.4) is 0 Å². The van der Waals surface area contributed by atoms with Crippen molar-refractivity contribution in [1.29, 1.82) is 0 Å². The van der Waals surface area contributed by atoms with Crippen molar-refractivity contribution in [2.75, 3.05) is 31.8 Å². The summed E-state index contributed by atoms with van der Waals surface area (Å²) in [6.07, 6.45) is 1.65. The number of methoxy groups -OCH3 is 1. The number of ether oxygens (including phenoxy) is 1. The van der Waals surface area contributed by atoms with E-state index in [1.165, 1.54) is 23.1 Å². The van der Waals surface area contributed by atoms with Gasteiger partial charge >= 0.3 is 5.97 Å². The molecule has 0 aliphatic rings. The molecule has 7 nitrogen and oxygen atoms in total. The van der Waals surface area contributed by atoms with Crippen LogP contribution in [0.5, 0.6) is 0 Å². The molecule has 0 fully saturated rings. The number of carbonyl (C=O) groups excluding carboxylic acids is 1. The van der Waals surface area contributed by atoms with Crippen molar-refractivity contribution in [1.82, 2.24) is 14.8 Å². The third kappa shape index (κ3) is 1.90. The van der Waals surface area contributed by atoms with Crippen molar-refractivity contribution in [2.45, 2.75) is 0 Å². The molecule has 2 heterocycles. The first-order valence-corrected chi connectivity index (χ1v) is 5.98. The molecule has 0 saturated carbocycles. The number of nitrogen functional groups attached to an aromatic ring is 1. The number of nitrogens with zero attached hydrogens (tertiary/aromatic N) is 4. The molecule has 0 radical (unpaired) electrons. The molecule has 18 heavy (non-hydrogen) atoms. The topological polar surface area (TPSA) is 86.3 Å². The van der Waals surface area contributed by atoms with Gasteiger partial charge in [-0.2, -0.15) is 4.68 Å². The summed E-state index contributed by atoms with van der Waals surface area (Å²) in [6, 6.07) is 0. The van der Waals surface area contributed by atoms with Crippen LogP contribution in [0.1, 0.15) is 10.4 Å². The number of hydrogen-bond donors (Lipinski definition) is 1. The lowest BCUT2D eigenvalue weighted by Gasteiger charge is -2.09. The van der Waals surface area contributed by atoms with Crippen molar-refractivity contribution in [2.24, 2.45) is 0 Å². The van der Waals surface area contributed by atoms with Crippen LogP contribution >= 0.6 is 11.3 Å². The predicted molar refractivity (Wildman–Crippen MR) is 69.3 cm³/mol. The molecule has 8 heteroatoms. The first-order chi connectivity index (χ1) is 8.56. The summed E-state index contributed by atoms with van der Waals surface area (Å²) in [5.41, 5.74) is 6.20. The van der Waals surface area contributed by atoms with Crippen molar-refractivity contribution in [3.05, 3.63) is 17.1 Å². The zero-order valence-electron chi connectivity index (χ0n) is 10.2. The highest BCUT2D eigenvalue weighted by atomic mass is 32.1. The fraction of sp³-hybridized carbons (Fsp3) is 0.300. The first-order valence-electron chi connectivity index (χ1n) is 5.10. The van der Waals surface area contributed by atoms with Crippen LogP contribution < -0.4 is 10.6 Å². The summed E-state index contributed by atoms with van der Waals surface area (Å²) in [5.74, 6) is 0.161. The molecule has 96 valence electrons. The quantitative estimate of drug-likeness (QED) is 0.826. The zero-order valence-corrected chi connectivity index (χ0v) is 11.1. The summed E-state index contributed by atoms with van der Waals surface area (Å²) < 4.78 is 6.16. The van der Waals surface area contributed by atoms with E-state index < -0.39 is 5.97 Å². The minimum absolute atomic E-state index is 0.223. The van der Waals surface area contributed by atoms with Gasteiger partial charge in [0, 0.05) is 25.7 Å². The van der Waals surface area contributed by atoms with Gasteiger partial charge in [-0.05, 0) is 0 Å². The largest absolute Gasteiger partial charge is 0.465 e. The Morgan fingerprint density at radius 3 is 2.78 bits per heavy atom. The third-order valence-electron chi connectivity index (χ3n) is 2.32. The van der Waals surface area contributed by atoms with Gasteiger partial charge in [0.1, 0.15) is 11.4 Å². The highest BCUT2D eigenvalue weighted by Crippen LogP contribution is 2.27.